The van der Waals surface area contributed by atoms with E-state index in [4.69, 9.17) is 37.9 Å². The summed E-state index contributed by atoms with van der Waals surface area (Å²) >= 11 is 1.44. The summed E-state index contributed by atoms with van der Waals surface area (Å²) in [6, 6.07) is 2.43. The highest BCUT2D eigenvalue weighted by Crippen LogP contribution is 2.30. The predicted octanol–water partition coefficient (Wildman–Crippen LogP) is 3.93. The van der Waals surface area contributed by atoms with Crippen molar-refractivity contribution < 1.29 is 37.9 Å². The Morgan fingerprint density at radius 2 is 1.00 bits per heavy atom. The van der Waals surface area contributed by atoms with E-state index in [9.17, 15) is 0 Å². The van der Waals surface area contributed by atoms with Crippen LogP contribution in [0.1, 0.15) is 0 Å². The van der Waals surface area contributed by atoms with E-state index in [1.54, 1.807) is 0 Å². The van der Waals surface area contributed by atoms with Crippen LogP contribution in [0.3, 0.4) is 0 Å². The predicted molar refractivity (Wildman–Crippen MR) is 132 cm³/mol. The lowest BCUT2D eigenvalue weighted by atomic mass is 10.6. The van der Waals surface area contributed by atoms with Gasteiger partial charge in [-0.25, -0.2) is 9.98 Å². The number of ether oxygens (including phenoxy) is 8. The summed E-state index contributed by atoms with van der Waals surface area (Å²) in [5.41, 5.74) is 0. The van der Waals surface area contributed by atoms with Crippen LogP contribution in [-0.4, -0.2) is 71.3 Å². The summed E-state index contributed by atoms with van der Waals surface area (Å²) in [6.45, 7) is 17.0. The van der Waals surface area contributed by atoms with Crippen molar-refractivity contribution in [2.75, 3.05) is 52.9 Å². The SMILES string of the molecule is C=COCCOC1(OCCOC=C)N=CC=N1.C=COCCOc1ccc(OCCOC=C)s1. The summed E-state index contributed by atoms with van der Waals surface area (Å²) < 4.78 is 41.4. The lowest BCUT2D eigenvalue weighted by molar-refractivity contribution is -0.230. The Kier molecular flexibility index (Phi) is 16.2. The third-order valence-electron chi connectivity index (χ3n) is 3.44. The van der Waals surface area contributed by atoms with E-state index < -0.39 is 6.03 Å². The zero-order valence-corrected chi connectivity index (χ0v) is 20.0. The second-order valence-electron chi connectivity index (χ2n) is 5.72. The molecule has 10 nitrogen and oxygen atoms in total. The zero-order chi connectivity index (χ0) is 24.7. The van der Waals surface area contributed by atoms with Crippen molar-refractivity contribution >= 4 is 23.8 Å². The second-order valence-corrected chi connectivity index (χ2v) is 6.73. The molecule has 0 aromatic carbocycles. The van der Waals surface area contributed by atoms with Crippen molar-refractivity contribution in [3.05, 3.63) is 63.5 Å². The quantitative estimate of drug-likeness (QED) is 0.152. The summed E-state index contributed by atoms with van der Waals surface area (Å²) in [5.74, 6) is 0. The van der Waals surface area contributed by atoms with Gasteiger partial charge in [-0.2, -0.15) is 0 Å². The van der Waals surface area contributed by atoms with Gasteiger partial charge in [0.2, 0.25) is 0 Å². The molecule has 0 saturated carbocycles. The number of rotatable bonds is 20. The smallest absolute Gasteiger partial charge is 0.379 e. The molecule has 188 valence electrons. The van der Waals surface area contributed by atoms with Crippen LogP contribution in [0.2, 0.25) is 0 Å². The highest BCUT2D eigenvalue weighted by Gasteiger charge is 2.32. The third kappa shape index (κ3) is 13.3. The first-order chi connectivity index (χ1) is 16.7. The average molecular weight is 497 g/mol. The fourth-order valence-corrected chi connectivity index (χ4v) is 2.85. The highest BCUT2D eigenvalue weighted by atomic mass is 32.1. The Balaban J connectivity index is 0.000000340. The molecule has 2 rings (SSSR count). The molecule has 0 radical (unpaired) electrons. The minimum absolute atomic E-state index is 0.295. The second kappa shape index (κ2) is 19.2. The number of aliphatic imine (C=N–C) groups is 2. The van der Waals surface area contributed by atoms with E-state index >= 15 is 0 Å². The molecule has 0 N–H and O–H groups in total. The third-order valence-corrected chi connectivity index (χ3v) is 4.35. The van der Waals surface area contributed by atoms with Gasteiger partial charge in [0.1, 0.15) is 39.6 Å². The normalized spacial score (nSPS) is 12.6. The monoisotopic (exact) mass is 496 g/mol. The van der Waals surface area contributed by atoms with Crippen LogP contribution in [0.5, 0.6) is 10.1 Å². The molecule has 0 aliphatic carbocycles. The Morgan fingerprint density at radius 3 is 1.38 bits per heavy atom. The van der Waals surface area contributed by atoms with Crippen molar-refractivity contribution in [2.24, 2.45) is 9.98 Å². The first-order valence-corrected chi connectivity index (χ1v) is 11.1. The van der Waals surface area contributed by atoms with Crippen molar-refractivity contribution in [1.29, 1.82) is 0 Å². The number of hydrogen-bond donors (Lipinski definition) is 0. The topological polar surface area (TPSA) is 98.6 Å². The molecular formula is C23H32N2O8S. The van der Waals surface area contributed by atoms with Crippen LogP contribution in [0.15, 0.2) is 73.5 Å². The molecule has 0 atom stereocenters. The Morgan fingerprint density at radius 1 is 0.618 bits per heavy atom. The van der Waals surface area contributed by atoms with Crippen molar-refractivity contribution in [3.63, 3.8) is 0 Å². The fourth-order valence-electron chi connectivity index (χ4n) is 2.10. The van der Waals surface area contributed by atoms with Gasteiger partial charge in [-0.05, 0) is 12.1 Å². The van der Waals surface area contributed by atoms with Crippen LogP contribution < -0.4 is 9.47 Å². The lowest BCUT2D eigenvalue weighted by Gasteiger charge is -2.22. The minimum atomic E-state index is -1.30. The van der Waals surface area contributed by atoms with Gasteiger partial charge in [0, 0.05) is 12.4 Å². The zero-order valence-electron chi connectivity index (χ0n) is 19.2. The molecule has 2 heterocycles. The molecule has 0 amide bonds. The Bertz CT molecular complexity index is 705. The van der Waals surface area contributed by atoms with E-state index in [1.165, 1.54) is 48.8 Å². The minimum Gasteiger partial charge on any atom is -0.499 e. The molecule has 0 unspecified atom stereocenters. The number of thiophene rings is 1. The van der Waals surface area contributed by atoms with Crippen LogP contribution in [0.4, 0.5) is 0 Å². The molecule has 11 heteroatoms. The van der Waals surface area contributed by atoms with E-state index in [2.05, 4.69) is 36.3 Å². The van der Waals surface area contributed by atoms with Crippen LogP contribution in [0, 0.1) is 0 Å². The molecule has 34 heavy (non-hydrogen) atoms. The van der Waals surface area contributed by atoms with Gasteiger partial charge in [-0.3, -0.25) is 0 Å². The Labute approximate surface area is 204 Å². The van der Waals surface area contributed by atoms with Gasteiger partial charge in [0.25, 0.3) is 0 Å². The van der Waals surface area contributed by atoms with Gasteiger partial charge in [-0.1, -0.05) is 37.7 Å². The summed E-state index contributed by atoms with van der Waals surface area (Å²) in [6.07, 6.45) is 8.51. The van der Waals surface area contributed by atoms with E-state index in [0.29, 0.717) is 52.9 Å². The van der Waals surface area contributed by atoms with Crippen LogP contribution in [0.25, 0.3) is 0 Å². The molecule has 0 saturated heterocycles. The lowest BCUT2D eigenvalue weighted by Crippen LogP contribution is -2.32. The summed E-state index contributed by atoms with van der Waals surface area (Å²) in [4.78, 5) is 8.02. The van der Waals surface area contributed by atoms with Gasteiger partial charge < -0.3 is 37.9 Å². The van der Waals surface area contributed by atoms with Gasteiger partial charge in [-0.15, -0.1) is 0 Å². The van der Waals surface area contributed by atoms with Crippen molar-refractivity contribution in [3.8, 4) is 10.1 Å². The van der Waals surface area contributed by atoms with Gasteiger partial charge in [0.05, 0.1) is 38.3 Å². The van der Waals surface area contributed by atoms with E-state index in [0.717, 1.165) is 10.1 Å². The van der Waals surface area contributed by atoms with Gasteiger partial charge in [0.15, 0.2) is 10.1 Å². The molecule has 1 aromatic rings. The number of hydrogen-bond acceptors (Lipinski definition) is 11. The summed E-state index contributed by atoms with van der Waals surface area (Å²) in [7, 11) is 0. The molecule has 0 bridgehead atoms. The molecular weight excluding hydrogens is 464 g/mol. The first kappa shape index (κ1) is 28.8. The molecule has 1 aliphatic rings. The van der Waals surface area contributed by atoms with E-state index in [-0.39, 0.29) is 0 Å². The maximum absolute atomic E-state index is 5.43. The standard InChI is InChI=1S/C12H16O4S.C11H16N2O4/c1-3-13-7-9-15-11-5-6-12(17-11)16-10-8-14-4-2;1-3-14-7-9-16-11(12-5-6-13-11)17-10-8-15-4-2/h2*3-6H,1-2,7-10H2. The average Bonchev–Trinajstić information content (AvgIpc) is 3.51. The molecule has 0 fully saturated rings. The van der Waals surface area contributed by atoms with E-state index in [1.807, 2.05) is 12.1 Å². The van der Waals surface area contributed by atoms with Gasteiger partial charge >= 0.3 is 6.03 Å². The van der Waals surface area contributed by atoms with Crippen molar-refractivity contribution in [2.45, 2.75) is 6.03 Å². The maximum Gasteiger partial charge on any atom is 0.379 e. The first-order valence-electron chi connectivity index (χ1n) is 10.3. The highest BCUT2D eigenvalue weighted by molar-refractivity contribution is 7.15. The molecule has 1 aliphatic heterocycles. The number of nitrogens with zero attached hydrogens (tertiary/aromatic N) is 2. The van der Waals surface area contributed by atoms with Crippen LogP contribution >= 0.6 is 11.3 Å². The van der Waals surface area contributed by atoms with Crippen LogP contribution in [-0.2, 0) is 28.4 Å². The van der Waals surface area contributed by atoms with Crippen molar-refractivity contribution in [1.82, 2.24) is 0 Å². The fraction of sp³-hybridized carbons (Fsp3) is 0.391. The Hall–Kier alpha value is -3.28. The maximum atomic E-state index is 5.43. The summed E-state index contributed by atoms with van der Waals surface area (Å²) in [5, 5.41) is 1.61. The molecule has 1 aromatic heterocycles. The largest absolute Gasteiger partial charge is 0.499 e. The molecule has 0 spiro atoms.